The molecule has 0 aliphatic rings. The maximum atomic E-state index is 11.8. The van der Waals surface area contributed by atoms with Crippen molar-refractivity contribution in [2.75, 3.05) is 23.5 Å². The van der Waals surface area contributed by atoms with Crippen LogP contribution in [0.25, 0.3) is 0 Å². The molecule has 2 nitrogen and oxygen atoms in total. The lowest BCUT2D eigenvalue weighted by Crippen LogP contribution is -2.14. The van der Waals surface area contributed by atoms with Gasteiger partial charge in [0, 0.05) is 11.4 Å². The van der Waals surface area contributed by atoms with Crippen LogP contribution in [0.15, 0.2) is 18.2 Å². The molecule has 1 amide bonds. The average Bonchev–Trinajstić information content (AvgIpc) is 2.24. The molecular weight excluding hydrogens is 225 g/mol. The zero-order valence-electron chi connectivity index (χ0n) is 9.55. The van der Waals surface area contributed by atoms with Crippen LogP contribution in [0.4, 0.5) is 10.1 Å². The van der Waals surface area contributed by atoms with Gasteiger partial charge >= 0.3 is 0 Å². The number of thioether (sulfide) groups is 1. The SMILES string of the molecule is Cc1ccc(NC(=O)CSCCF)cc1C. The molecule has 1 rings (SSSR count). The van der Waals surface area contributed by atoms with Gasteiger partial charge in [0.25, 0.3) is 0 Å². The number of carbonyl (C=O) groups excluding carboxylic acids is 1. The third-order valence-corrected chi connectivity index (χ3v) is 3.15. The summed E-state index contributed by atoms with van der Waals surface area (Å²) >= 11 is 1.30. The molecule has 0 spiro atoms. The van der Waals surface area contributed by atoms with Gasteiger partial charge in [-0.2, -0.15) is 0 Å². The van der Waals surface area contributed by atoms with Crippen LogP contribution >= 0.6 is 11.8 Å². The number of nitrogens with one attached hydrogen (secondary N) is 1. The molecule has 1 aromatic carbocycles. The van der Waals surface area contributed by atoms with Gasteiger partial charge < -0.3 is 5.32 Å². The summed E-state index contributed by atoms with van der Waals surface area (Å²) < 4.78 is 11.8. The number of anilines is 1. The van der Waals surface area contributed by atoms with E-state index in [1.54, 1.807) is 0 Å². The van der Waals surface area contributed by atoms with Crippen LogP contribution in [-0.4, -0.2) is 24.1 Å². The molecule has 0 radical (unpaired) electrons. The molecule has 4 heteroatoms. The normalized spacial score (nSPS) is 10.2. The molecule has 0 heterocycles. The van der Waals surface area contributed by atoms with E-state index in [-0.39, 0.29) is 12.6 Å². The molecule has 0 fully saturated rings. The van der Waals surface area contributed by atoms with Crippen molar-refractivity contribution in [2.24, 2.45) is 0 Å². The van der Waals surface area contributed by atoms with E-state index in [4.69, 9.17) is 0 Å². The molecule has 1 aromatic rings. The highest BCUT2D eigenvalue weighted by Crippen LogP contribution is 2.14. The molecule has 0 saturated heterocycles. The summed E-state index contributed by atoms with van der Waals surface area (Å²) in [5, 5.41) is 2.79. The van der Waals surface area contributed by atoms with Crippen LogP contribution in [-0.2, 0) is 4.79 Å². The van der Waals surface area contributed by atoms with Crippen molar-refractivity contribution in [2.45, 2.75) is 13.8 Å². The van der Waals surface area contributed by atoms with Gasteiger partial charge in [-0.05, 0) is 37.1 Å². The standard InChI is InChI=1S/C12H16FNOS/c1-9-3-4-11(7-10(9)2)14-12(15)8-16-6-5-13/h3-4,7H,5-6,8H2,1-2H3,(H,14,15). The van der Waals surface area contributed by atoms with Crippen LogP contribution in [0.3, 0.4) is 0 Å². The van der Waals surface area contributed by atoms with Crippen molar-refractivity contribution in [3.8, 4) is 0 Å². The summed E-state index contributed by atoms with van der Waals surface area (Å²) in [7, 11) is 0. The molecule has 0 bridgehead atoms. The molecule has 0 aliphatic carbocycles. The van der Waals surface area contributed by atoms with Crippen LogP contribution < -0.4 is 5.32 Å². The number of amides is 1. The van der Waals surface area contributed by atoms with E-state index in [2.05, 4.69) is 5.32 Å². The highest BCUT2D eigenvalue weighted by atomic mass is 32.2. The summed E-state index contributed by atoms with van der Waals surface area (Å²) in [4.78, 5) is 11.4. The maximum Gasteiger partial charge on any atom is 0.234 e. The summed E-state index contributed by atoms with van der Waals surface area (Å²) in [6.07, 6.45) is 0. The lowest BCUT2D eigenvalue weighted by atomic mass is 10.1. The Kier molecular flexibility index (Phi) is 5.32. The molecule has 1 N–H and O–H groups in total. The van der Waals surface area contributed by atoms with E-state index >= 15 is 0 Å². The Morgan fingerprint density at radius 2 is 2.12 bits per heavy atom. The smallest absolute Gasteiger partial charge is 0.234 e. The Bertz CT molecular complexity index is 368. The molecule has 0 aliphatic heterocycles. The van der Waals surface area contributed by atoms with E-state index in [0.29, 0.717) is 11.5 Å². The van der Waals surface area contributed by atoms with Gasteiger partial charge in [-0.15, -0.1) is 11.8 Å². The molecule has 0 aromatic heterocycles. The molecule has 0 saturated carbocycles. The first kappa shape index (κ1) is 13.0. The van der Waals surface area contributed by atoms with Gasteiger partial charge in [-0.25, -0.2) is 0 Å². The predicted molar refractivity (Wildman–Crippen MR) is 67.8 cm³/mol. The van der Waals surface area contributed by atoms with Crippen molar-refractivity contribution in [3.05, 3.63) is 29.3 Å². The largest absolute Gasteiger partial charge is 0.325 e. The lowest BCUT2D eigenvalue weighted by molar-refractivity contribution is -0.113. The van der Waals surface area contributed by atoms with E-state index in [1.807, 2.05) is 32.0 Å². The fraction of sp³-hybridized carbons (Fsp3) is 0.417. The number of aryl methyl sites for hydroxylation is 2. The second-order valence-corrected chi connectivity index (χ2v) is 4.69. The number of hydrogen-bond donors (Lipinski definition) is 1. The number of carbonyl (C=O) groups is 1. The Labute approximate surface area is 99.6 Å². The minimum atomic E-state index is -0.387. The fourth-order valence-corrected chi connectivity index (χ4v) is 1.75. The quantitative estimate of drug-likeness (QED) is 0.803. The van der Waals surface area contributed by atoms with Gasteiger partial charge in [0.1, 0.15) is 0 Å². The Morgan fingerprint density at radius 1 is 1.38 bits per heavy atom. The second-order valence-electron chi connectivity index (χ2n) is 3.59. The van der Waals surface area contributed by atoms with Crippen molar-refractivity contribution in [1.82, 2.24) is 0 Å². The highest BCUT2D eigenvalue weighted by molar-refractivity contribution is 7.99. The van der Waals surface area contributed by atoms with Gasteiger partial charge in [0.05, 0.1) is 12.4 Å². The zero-order chi connectivity index (χ0) is 12.0. The summed E-state index contributed by atoms with van der Waals surface area (Å²) in [5.74, 6) is 0.596. The van der Waals surface area contributed by atoms with E-state index in [1.165, 1.54) is 17.3 Å². The van der Waals surface area contributed by atoms with Gasteiger partial charge in [-0.1, -0.05) is 6.07 Å². The summed E-state index contributed by atoms with van der Waals surface area (Å²) in [6.45, 7) is 3.64. The number of rotatable bonds is 5. The van der Waals surface area contributed by atoms with E-state index in [9.17, 15) is 9.18 Å². The van der Waals surface area contributed by atoms with Crippen molar-refractivity contribution < 1.29 is 9.18 Å². The average molecular weight is 241 g/mol. The molecular formula is C12H16FNOS. The van der Waals surface area contributed by atoms with Gasteiger partial charge in [0.2, 0.25) is 5.91 Å². The van der Waals surface area contributed by atoms with Gasteiger partial charge in [0.15, 0.2) is 0 Å². The number of halogens is 1. The van der Waals surface area contributed by atoms with E-state index in [0.717, 1.165) is 11.3 Å². The maximum absolute atomic E-state index is 11.8. The fourth-order valence-electron chi connectivity index (χ4n) is 1.24. The molecule has 0 atom stereocenters. The molecule has 0 unspecified atom stereocenters. The molecule has 88 valence electrons. The third kappa shape index (κ3) is 4.23. The van der Waals surface area contributed by atoms with Crippen LogP contribution in [0, 0.1) is 13.8 Å². The van der Waals surface area contributed by atoms with Crippen molar-refractivity contribution in [1.29, 1.82) is 0 Å². The highest BCUT2D eigenvalue weighted by Gasteiger charge is 2.03. The summed E-state index contributed by atoms with van der Waals surface area (Å²) in [6, 6.07) is 5.78. The monoisotopic (exact) mass is 241 g/mol. The first-order valence-corrected chi connectivity index (χ1v) is 6.30. The van der Waals surface area contributed by atoms with Crippen molar-refractivity contribution in [3.63, 3.8) is 0 Å². The van der Waals surface area contributed by atoms with Crippen molar-refractivity contribution >= 4 is 23.4 Å². The zero-order valence-corrected chi connectivity index (χ0v) is 10.4. The first-order chi connectivity index (χ1) is 7.63. The number of alkyl halides is 1. The van der Waals surface area contributed by atoms with Crippen LogP contribution in [0.1, 0.15) is 11.1 Å². The minimum absolute atomic E-state index is 0.0818. The first-order valence-electron chi connectivity index (χ1n) is 5.14. The molecule has 16 heavy (non-hydrogen) atoms. The second kappa shape index (κ2) is 6.53. The van der Waals surface area contributed by atoms with Gasteiger partial charge in [-0.3, -0.25) is 9.18 Å². The summed E-state index contributed by atoms with van der Waals surface area (Å²) in [5.41, 5.74) is 3.15. The number of hydrogen-bond acceptors (Lipinski definition) is 2. The Morgan fingerprint density at radius 3 is 2.75 bits per heavy atom. The Hall–Kier alpha value is -1.03. The van der Waals surface area contributed by atoms with E-state index < -0.39 is 0 Å². The van der Waals surface area contributed by atoms with Crippen LogP contribution in [0.5, 0.6) is 0 Å². The van der Waals surface area contributed by atoms with Crippen LogP contribution in [0.2, 0.25) is 0 Å². The topological polar surface area (TPSA) is 29.1 Å². The third-order valence-electron chi connectivity index (χ3n) is 2.25. The lowest BCUT2D eigenvalue weighted by Gasteiger charge is -2.07. The minimum Gasteiger partial charge on any atom is -0.325 e. The number of benzene rings is 1. The predicted octanol–water partition coefficient (Wildman–Crippen LogP) is 2.94. The Balaban J connectivity index is 2.46.